The zero-order valence-electron chi connectivity index (χ0n) is 10.8. The van der Waals surface area contributed by atoms with Crippen LogP contribution in [-0.4, -0.2) is 48.3 Å². The van der Waals surface area contributed by atoms with Gasteiger partial charge in [-0.1, -0.05) is 0 Å². The van der Waals surface area contributed by atoms with Crippen molar-refractivity contribution in [3.05, 3.63) is 18.3 Å². The Morgan fingerprint density at radius 2 is 2.28 bits per heavy atom. The summed E-state index contributed by atoms with van der Waals surface area (Å²) >= 11 is 0. The molecule has 5 heteroatoms. The first-order valence-corrected chi connectivity index (χ1v) is 6.29. The molecule has 0 spiro atoms. The first-order valence-electron chi connectivity index (χ1n) is 6.29. The van der Waals surface area contributed by atoms with E-state index in [0.717, 1.165) is 35.4 Å². The van der Waals surface area contributed by atoms with Crippen molar-refractivity contribution in [2.45, 2.75) is 12.5 Å². The molecule has 0 amide bonds. The predicted octanol–water partition coefficient (Wildman–Crippen LogP) is 1.29. The molecule has 18 heavy (non-hydrogen) atoms. The number of hydrogen-bond acceptors (Lipinski definition) is 4. The van der Waals surface area contributed by atoms with Gasteiger partial charge in [-0.05, 0) is 32.6 Å². The lowest BCUT2D eigenvalue weighted by Gasteiger charge is -2.23. The molecule has 3 rings (SSSR count). The maximum Gasteiger partial charge on any atom is 0.0672 e. The van der Waals surface area contributed by atoms with Gasteiger partial charge in [0.2, 0.25) is 0 Å². The minimum Gasteiger partial charge on any atom is -0.397 e. The zero-order chi connectivity index (χ0) is 12.7. The summed E-state index contributed by atoms with van der Waals surface area (Å²) < 4.78 is 0. The molecule has 2 aromatic rings. The fourth-order valence-electron chi connectivity index (χ4n) is 2.65. The third kappa shape index (κ3) is 1.80. The zero-order valence-corrected chi connectivity index (χ0v) is 10.8. The van der Waals surface area contributed by atoms with E-state index in [0.29, 0.717) is 6.04 Å². The van der Waals surface area contributed by atoms with Crippen molar-refractivity contribution >= 4 is 22.3 Å². The number of anilines is 2. The Kier molecular flexibility index (Phi) is 2.63. The van der Waals surface area contributed by atoms with Crippen LogP contribution in [0.3, 0.4) is 0 Å². The highest BCUT2D eigenvalue weighted by atomic mass is 15.2. The van der Waals surface area contributed by atoms with Crippen LogP contribution < -0.4 is 10.6 Å². The van der Waals surface area contributed by atoms with Crippen LogP contribution in [0.2, 0.25) is 0 Å². The number of nitrogens with zero attached hydrogens (tertiary/aromatic N) is 3. The minimum atomic E-state index is 0.613. The molecule has 0 bridgehead atoms. The van der Waals surface area contributed by atoms with E-state index in [2.05, 4.69) is 40.2 Å². The number of aromatic amines is 1. The second-order valence-corrected chi connectivity index (χ2v) is 5.22. The molecule has 0 aliphatic carbocycles. The van der Waals surface area contributed by atoms with Crippen LogP contribution in [0.25, 0.3) is 10.9 Å². The van der Waals surface area contributed by atoms with Gasteiger partial charge in [-0.2, -0.15) is 5.10 Å². The summed E-state index contributed by atoms with van der Waals surface area (Å²) in [5, 5.41) is 8.12. The molecular formula is C13H19N5. The quantitative estimate of drug-likeness (QED) is 0.783. The number of nitrogen functional groups attached to an aromatic ring is 1. The monoisotopic (exact) mass is 245 g/mol. The predicted molar refractivity (Wildman–Crippen MR) is 74.8 cm³/mol. The first kappa shape index (κ1) is 11.3. The third-order valence-corrected chi connectivity index (χ3v) is 3.82. The topological polar surface area (TPSA) is 61.2 Å². The summed E-state index contributed by atoms with van der Waals surface area (Å²) in [5.74, 6) is 0. The molecule has 0 saturated carbocycles. The number of fused-ring (bicyclic) bond motifs is 1. The Bertz CT molecular complexity index is 560. The summed E-state index contributed by atoms with van der Waals surface area (Å²) in [6.07, 6.45) is 3.00. The van der Waals surface area contributed by atoms with E-state index in [9.17, 15) is 0 Å². The lowest BCUT2D eigenvalue weighted by atomic mass is 10.2. The van der Waals surface area contributed by atoms with Crippen molar-refractivity contribution in [1.29, 1.82) is 0 Å². The summed E-state index contributed by atoms with van der Waals surface area (Å²) in [6, 6.07) is 4.72. The Hall–Kier alpha value is -1.75. The number of nitrogens with one attached hydrogen (secondary N) is 1. The van der Waals surface area contributed by atoms with Gasteiger partial charge in [0.05, 0.1) is 23.1 Å². The number of benzene rings is 1. The van der Waals surface area contributed by atoms with E-state index in [4.69, 9.17) is 5.73 Å². The molecule has 96 valence electrons. The van der Waals surface area contributed by atoms with Crippen LogP contribution in [-0.2, 0) is 0 Å². The highest BCUT2D eigenvalue weighted by molar-refractivity contribution is 5.89. The number of hydrogen-bond donors (Lipinski definition) is 2. The fourth-order valence-corrected chi connectivity index (χ4v) is 2.65. The van der Waals surface area contributed by atoms with E-state index in [1.165, 1.54) is 6.42 Å². The molecule has 1 aromatic heterocycles. The van der Waals surface area contributed by atoms with Crippen LogP contribution in [0.5, 0.6) is 0 Å². The van der Waals surface area contributed by atoms with E-state index in [-0.39, 0.29) is 0 Å². The summed E-state index contributed by atoms with van der Waals surface area (Å²) in [5.41, 5.74) is 9.16. The molecule has 2 heterocycles. The number of rotatable bonds is 2. The average molecular weight is 245 g/mol. The molecule has 1 fully saturated rings. The Morgan fingerprint density at radius 1 is 1.44 bits per heavy atom. The second kappa shape index (κ2) is 4.17. The van der Waals surface area contributed by atoms with Crippen LogP contribution in [0.15, 0.2) is 18.3 Å². The molecule has 0 radical (unpaired) electrons. The highest BCUT2D eigenvalue weighted by Gasteiger charge is 2.25. The van der Waals surface area contributed by atoms with Crippen molar-refractivity contribution in [2.75, 3.05) is 37.8 Å². The second-order valence-electron chi connectivity index (χ2n) is 5.22. The fraction of sp³-hybridized carbons (Fsp3) is 0.462. The normalized spacial score (nSPS) is 20.2. The largest absolute Gasteiger partial charge is 0.397 e. The molecule has 1 aromatic carbocycles. The van der Waals surface area contributed by atoms with Gasteiger partial charge in [0, 0.05) is 24.5 Å². The Balaban J connectivity index is 1.92. The number of likely N-dealkylation sites (N-methyl/N-ethyl adjacent to an activating group) is 1. The van der Waals surface area contributed by atoms with Gasteiger partial charge in [0.25, 0.3) is 0 Å². The van der Waals surface area contributed by atoms with Crippen LogP contribution >= 0.6 is 0 Å². The third-order valence-electron chi connectivity index (χ3n) is 3.82. The van der Waals surface area contributed by atoms with Crippen molar-refractivity contribution in [1.82, 2.24) is 15.1 Å². The highest BCUT2D eigenvalue weighted by Crippen LogP contribution is 2.31. The molecule has 1 atom stereocenters. The number of aromatic nitrogens is 2. The molecule has 5 nitrogen and oxygen atoms in total. The molecule has 1 aliphatic rings. The molecular weight excluding hydrogens is 226 g/mol. The maximum absolute atomic E-state index is 6.15. The maximum atomic E-state index is 6.15. The van der Waals surface area contributed by atoms with Crippen LogP contribution in [0, 0.1) is 0 Å². The van der Waals surface area contributed by atoms with Gasteiger partial charge in [-0.3, -0.25) is 5.10 Å². The minimum absolute atomic E-state index is 0.613. The Labute approximate surface area is 107 Å². The molecule has 3 N–H and O–H groups in total. The van der Waals surface area contributed by atoms with Gasteiger partial charge in [-0.15, -0.1) is 0 Å². The summed E-state index contributed by atoms with van der Waals surface area (Å²) in [7, 11) is 4.27. The van der Waals surface area contributed by atoms with Crippen molar-refractivity contribution in [3.63, 3.8) is 0 Å². The van der Waals surface area contributed by atoms with E-state index < -0.39 is 0 Å². The standard InChI is InChI=1S/C13H19N5/c1-17(2)10-3-4-18(8-10)13-6-12-9(5-11(13)14)7-15-16-12/h5-7,10H,3-4,8,14H2,1-2H3,(H,15,16). The summed E-state index contributed by atoms with van der Waals surface area (Å²) in [6.45, 7) is 2.10. The number of nitrogens with two attached hydrogens (primary N) is 1. The molecule has 1 saturated heterocycles. The number of H-pyrrole nitrogens is 1. The van der Waals surface area contributed by atoms with Crippen LogP contribution in [0.1, 0.15) is 6.42 Å². The van der Waals surface area contributed by atoms with Gasteiger partial charge < -0.3 is 15.5 Å². The smallest absolute Gasteiger partial charge is 0.0672 e. The molecule has 1 aliphatic heterocycles. The lowest BCUT2D eigenvalue weighted by molar-refractivity contribution is 0.315. The average Bonchev–Trinajstić information content (AvgIpc) is 2.94. The van der Waals surface area contributed by atoms with Gasteiger partial charge in [0.15, 0.2) is 0 Å². The van der Waals surface area contributed by atoms with Gasteiger partial charge in [0.1, 0.15) is 0 Å². The Morgan fingerprint density at radius 3 is 3.00 bits per heavy atom. The van der Waals surface area contributed by atoms with Crippen LogP contribution in [0.4, 0.5) is 11.4 Å². The van der Waals surface area contributed by atoms with Crippen molar-refractivity contribution in [3.8, 4) is 0 Å². The summed E-state index contributed by atoms with van der Waals surface area (Å²) in [4.78, 5) is 4.64. The first-order chi connectivity index (χ1) is 8.65. The SMILES string of the molecule is CN(C)C1CCN(c2cc3[nH]ncc3cc2N)C1. The van der Waals surface area contributed by atoms with E-state index in [1.807, 2.05) is 12.3 Å². The van der Waals surface area contributed by atoms with Crippen molar-refractivity contribution in [2.24, 2.45) is 0 Å². The van der Waals surface area contributed by atoms with Gasteiger partial charge >= 0.3 is 0 Å². The van der Waals surface area contributed by atoms with Gasteiger partial charge in [-0.25, -0.2) is 0 Å². The molecule has 1 unspecified atom stereocenters. The lowest BCUT2D eigenvalue weighted by Crippen LogP contribution is -2.31. The van der Waals surface area contributed by atoms with E-state index in [1.54, 1.807) is 0 Å². The van der Waals surface area contributed by atoms with Crippen molar-refractivity contribution < 1.29 is 0 Å². The van der Waals surface area contributed by atoms with E-state index >= 15 is 0 Å².